The first-order valence-electron chi connectivity index (χ1n) is 7.72. The number of hydrogen-bond donors (Lipinski definition) is 1. The fourth-order valence-corrected chi connectivity index (χ4v) is 4.35. The largest absolute Gasteiger partial charge is 0.338 e. The van der Waals surface area contributed by atoms with E-state index >= 15 is 0 Å². The van der Waals surface area contributed by atoms with Gasteiger partial charge in [-0.1, -0.05) is 13.3 Å². The summed E-state index contributed by atoms with van der Waals surface area (Å²) in [4.78, 5) is 26.8. The average Bonchev–Trinajstić information content (AvgIpc) is 2.36. The summed E-state index contributed by atoms with van der Waals surface area (Å²) in [6.45, 7) is 4.92. The Morgan fingerprint density at radius 3 is 2.89 bits per heavy atom. The molecule has 3 heterocycles. The van der Waals surface area contributed by atoms with Crippen LogP contribution in [0, 0.1) is 11.8 Å². The van der Waals surface area contributed by atoms with Gasteiger partial charge in [-0.05, 0) is 26.2 Å². The third-order valence-electron chi connectivity index (χ3n) is 5.21. The van der Waals surface area contributed by atoms with Gasteiger partial charge >= 0.3 is 0 Å². The second kappa shape index (κ2) is 4.89. The molecule has 0 aromatic carbocycles. The molecule has 3 saturated heterocycles. The van der Waals surface area contributed by atoms with Crippen molar-refractivity contribution in [3.63, 3.8) is 0 Å². The van der Waals surface area contributed by atoms with Gasteiger partial charge in [-0.3, -0.25) is 9.59 Å². The Balaban J connectivity index is 1.89. The third-order valence-corrected chi connectivity index (χ3v) is 5.21. The van der Waals surface area contributed by atoms with Crippen LogP contribution in [0.3, 0.4) is 0 Å². The average molecular weight is 264 g/mol. The minimum atomic E-state index is 0.0242. The first kappa shape index (κ1) is 13.1. The number of nitrogens with one attached hydrogen (secondary N) is 1. The van der Waals surface area contributed by atoms with Gasteiger partial charge in [0.05, 0.1) is 11.8 Å². The number of piperidine rings is 3. The standard InChI is InChI=1S/C15H24N2O2/c1-3-5-11-10-8-17-12(6-4-7-13(17)18)14(15(10)19)9(2)16-11/h9-12,14,16H,3-8H2,1-2H3/t9-,10+,11+,12-,14+/m1/s1. The molecule has 106 valence electrons. The van der Waals surface area contributed by atoms with Gasteiger partial charge in [-0.2, -0.15) is 0 Å². The monoisotopic (exact) mass is 264 g/mol. The topological polar surface area (TPSA) is 49.4 Å². The van der Waals surface area contributed by atoms with E-state index in [1.807, 2.05) is 4.90 Å². The van der Waals surface area contributed by atoms with Gasteiger partial charge in [0.1, 0.15) is 5.78 Å². The van der Waals surface area contributed by atoms with Crippen molar-refractivity contribution in [2.24, 2.45) is 11.8 Å². The molecule has 3 rings (SSSR count). The quantitative estimate of drug-likeness (QED) is 0.819. The van der Waals surface area contributed by atoms with Crippen LogP contribution in [0.5, 0.6) is 0 Å². The van der Waals surface area contributed by atoms with Crippen molar-refractivity contribution in [3.8, 4) is 0 Å². The minimum absolute atomic E-state index is 0.0242. The fourth-order valence-electron chi connectivity index (χ4n) is 4.35. The molecule has 3 fully saturated rings. The van der Waals surface area contributed by atoms with Crippen LogP contribution >= 0.6 is 0 Å². The van der Waals surface area contributed by atoms with Crippen LogP contribution in [0.1, 0.15) is 46.0 Å². The lowest BCUT2D eigenvalue weighted by Crippen LogP contribution is -2.69. The van der Waals surface area contributed by atoms with Crippen molar-refractivity contribution in [2.45, 2.75) is 64.1 Å². The molecule has 3 aliphatic heterocycles. The molecule has 0 unspecified atom stereocenters. The van der Waals surface area contributed by atoms with E-state index in [1.54, 1.807) is 0 Å². The highest BCUT2D eigenvalue weighted by Crippen LogP contribution is 2.38. The second-order valence-corrected chi connectivity index (χ2v) is 6.39. The first-order valence-corrected chi connectivity index (χ1v) is 7.72. The third kappa shape index (κ3) is 2.00. The smallest absolute Gasteiger partial charge is 0.222 e. The van der Waals surface area contributed by atoms with Crippen LogP contribution in [0.2, 0.25) is 0 Å². The molecule has 0 aliphatic carbocycles. The Kier molecular flexibility index (Phi) is 3.37. The van der Waals surface area contributed by atoms with Gasteiger partial charge in [0.2, 0.25) is 5.91 Å². The maximum Gasteiger partial charge on any atom is 0.222 e. The lowest BCUT2D eigenvalue weighted by atomic mass is 9.69. The van der Waals surface area contributed by atoms with Crippen molar-refractivity contribution in [3.05, 3.63) is 0 Å². The Morgan fingerprint density at radius 1 is 1.37 bits per heavy atom. The molecule has 19 heavy (non-hydrogen) atoms. The Bertz CT molecular complexity index is 396. The van der Waals surface area contributed by atoms with Crippen molar-refractivity contribution in [2.75, 3.05) is 6.54 Å². The maximum atomic E-state index is 12.7. The maximum absolute atomic E-state index is 12.7. The molecule has 0 aromatic rings. The highest BCUT2D eigenvalue weighted by molar-refractivity contribution is 5.90. The van der Waals surface area contributed by atoms with Crippen LogP contribution < -0.4 is 5.32 Å². The lowest BCUT2D eigenvalue weighted by molar-refractivity contribution is -0.154. The summed E-state index contributed by atoms with van der Waals surface area (Å²) in [5, 5.41) is 3.64. The Morgan fingerprint density at radius 2 is 2.16 bits per heavy atom. The van der Waals surface area contributed by atoms with Gasteiger partial charge in [0.25, 0.3) is 0 Å². The molecule has 5 atom stereocenters. The van der Waals surface area contributed by atoms with Crippen LogP contribution in [0.4, 0.5) is 0 Å². The zero-order valence-electron chi connectivity index (χ0n) is 11.9. The first-order chi connectivity index (χ1) is 9.13. The van der Waals surface area contributed by atoms with E-state index in [0.29, 0.717) is 18.7 Å². The molecule has 0 saturated carbocycles. The van der Waals surface area contributed by atoms with Gasteiger partial charge in [0, 0.05) is 31.1 Å². The molecule has 0 radical (unpaired) electrons. The molecule has 4 heteroatoms. The van der Waals surface area contributed by atoms with Gasteiger partial charge < -0.3 is 10.2 Å². The molecular formula is C15H24N2O2. The number of ketones is 1. The van der Waals surface area contributed by atoms with Crippen molar-refractivity contribution >= 4 is 11.7 Å². The van der Waals surface area contributed by atoms with E-state index in [2.05, 4.69) is 19.2 Å². The zero-order chi connectivity index (χ0) is 13.6. The number of fused-ring (bicyclic) bond motifs is 4. The molecule has 0 aromatic heterocycles. The van der Waals surface area contributed by atoms with E-state index in [9.17, 15) is 9.59 Å². The van der Waals surface area contributed by atoms with Gasteiger partial charge in [-0.15, -0.1) is 0 Å². The number of nitrogens with zero attached hydrogens (tertiary/aromatic N) is 1. The number of rotatable bonds is 2. The van der Waals surface area contributed by atoms with E-state index in [0.717, 1.165) is 25.7 Å². The molecule has 4 nitrogen and oxygen atoms in total. The van der Waals surface area contributed by atoms with E-state index in [4.69, 9.17) is 0 Å². The number of carbonyl (C=O) groups excluding carboxylic acids is 2. The van der Waals surface area contributed by atoms with E-state index < -0.39 is 0 Å². The number of Topliss-reactive ketones (excluding diaryl/α,β-unsaturated/α-hetero) is 1. The van der Waals surface area contributed by atoms with Crippen molar-refractivity contribution < 1.29 is 9.59 Å². The Labute approximate surface area is 114 Å². The second-order valence-electron chi connectivity index (χ2n) is 6.39. The number of amides is 1. The number of carbonyl (C=O) groups is 2. The Hall–Kier alpha value is -0.900. The molecule has 2 bridgehead atoms. The molecule has 3 aliphatic rings. The summed E-state index contributed by atoms with van der Waals surface area (Å²) < 4.78 is 0. The SMILES string of the molecule is CCC[C@@H]1N[C@H](C)[C@@H]2C(=O)[C@H]1CN1C(=O)CCC[C@H]21. The van der Waals surface area contributed by atoms with E-state index in [-0.39, 0.29) is 35.9 Å². The normalized spacial score (nSPS) is 42.2. The van der Waals surface area contributed by atoms with Crippen molar-refractivity contribution in [1.82, 2.24) is 10.2 Å². The molecule has 1 amide bonds. The van der Waals surface area contributed by atoms with Crippen molar-refractivity contribution in [1.29, 1.82) is 0 Å². The highest BCUT2D eigenvalue weighted by atomic mass is 16.2. The molecule has 1 N–H and O–H groups in total. The summed E-state index contributed by atoms with van der Waals surface area (Å²) in [5.74, 6) is 0.735. The highest BCUT2D eigenvalue weighted by Gasteiger charge is 2.52. The summed E-state index contributed by atoms with van der Waals surface area (Å²) in [6.07, 6.45) is 4.72. The van der Waals surface area contributed by atoms with Crippen LogP contribution in [-0.4, -0.2) is 41.3 Å². The van der Waals surface area contributed by atoms with Crippen LogP contribution in [-0.2, 0) is 9.59 Å². The summed E-state index contributed by atoms with van der Waals surface area (Å²) >= 11 is 0. The molecule has 0 spiro atoms. The van der Waals surface area contributed by atoms with E-state index in [1.165, 1.54) is 0 Å². The summed E-state index contributed by atoms with van der Waals surface area (Å²) in [7, 11) is 0. The number of hydrogen-bond acceptors (Lipinski definition) is 3. The predicted octanol–water partition coefficient (Wildman–Crippen LogP) is 1.34. The van der Waals surface area contributed by atoms with Crippen LogP contribution in [0.15, 0.2) is 0 Å². The van der Waals surface area contributed by atoms with Crippen LogP contribution in [0.25, 0.3) is 0 Å². The fraction of sp³-hybridized carbons (Fsp3) is 0.867. The lowest BCUT2D eigenvalue weighted by Gasteiger charge is -2.53. The zero-order valence-corrected chi connectivity index (χ0v) is 11.9. The molecular weight excluding hydrogens is 240 g/mol. The summed E-state index contributed by atoms with van der Waals surface area (Å²) in [6, 6.07) is 0.633. The minimum Gasteiger partial charge on any atom is -0.338 e. The summed E-state index contributed by atoms with van der Waals surface area (Å²) in [5.41, 5.74) is 0. The van der Waals surface area contributed by atoms with Gasteiger partial charge in [0.15, 0.2) is 0 Å². The van der Waals surface area contributed by atoms with Gasteiger partial charge in [-0.25, -0.2) is 0 Å². The predicted molar refractivity (Wildman–Crippen MR) is 72.6 cm³/mol.